The molecule has 0 amide bonds. The van der Waals surface area contributed by atoms with Gasteiger partial charge in [-0.2, -0.15) is 0 Å². The van der Waals surface area contributed by atoms with Gasteiger partial charge in [-0.3, -0.25) is 4.79 Å². The number of Topliss-reactive ketones (excluding diaryl/α,β-unsaturated/α-hetero) is 1. The molecule has 0 aromatic heterocycles. The molecular formula is C16H12Cl2O. The van der Waals surface area contributed by atoms with Gasteiger partial charge in [0.2, 0.25) is 0 Å². The molecule has 0 saturated carbocycles. The van der Waals surface area contributed by atoms with Gasteiger partial charge in [0.15, 0.2) is 5.78 Å². The number of hydrogen-bond donors (Lipinski definition) is 0. The summed E-state index contributed by atoms with van der Waals surface area (Å²) in [4.78, 5) is 12.3. The van der Waals surface area contributed by atoms with Crippen LogP contribution in [-0.2, 0) is 12.8 Å². The zero-order chi connectivity index (χ0) is 13.4. The Balaban J connectivity index is 1.87. The summed E-state index contributed by atoms with van der Waals surface area (Å²) in [6, 6.07) is 13.2. The van der Waals surface area contributed by atoms with Crippen molar-refractivity contribution < 1.29 is 4.79 Å². The minimum atomic E-state index is -0.0200. The van der Waals surface area contributed by atoms with E-state index in [1.807, 2.05) is 30.3 Å². The van der Waals surface area contributed by atoms with E-state index in [0.29, 0.717) is 16.5 Å². The fraction of sp³-hybridized carbons (Fsp3) is 0.188. The lowest BCUT2D eigenvalue weighted by Gasteiger charge is -2.10. The molecule has 1 atom stereocenters. The highest BCUT2D eigenvalue weighted by Gasteiger charge is 2.30. The predicted octanol–water partition coefficient (Wildman–Crippen LogP) is 4.59. The van der Waals surface area contributed by atoms with Gasteiger partial charge in [0.05, 0.1) is 0 Å². The van der Waals surface area contributed by atoms with Crippen molar-refractivity contribution in [3.63, 3.8) is 0 Å². The van der Waals surface area contributed by atoms with Crippen LogP contribution in [0.3, 0.4) is 0 Å². The molecule has 19 heavy (non-hydrogen) atoms. The average molecular weight is 291 g/mol. The van der Waals surface area contributed by atoms with E-state index in [4.69, 9.17) is 23.2 Å². The summed E-state index contributed by atoms with van der Waals surface area (Å²) in [5, 5.41) is 1.33. The second kappa shape index (κ2) is 4.99. The minimum Gasteiger partial charge on any atom is -0.294 e. The summed E-state index contributed by atoms with van der Waals surface area (Å²) < 4.78 is 0. The second-order valence-corrected chi connectivity index (χ2v) is 5.71. The predicted molar refractivity (Wildman–Crippen MR) is 78.1 cm³/mol. The molecule has 0 heterocycles. The van der Waals surface area contributed by atoms with Crippen LogP contribution in [-0.4, -0.2) is 5.78 Å². The van der Waals surface area contributed by atoms with Gasteiger partial charge in [0.25, 0.3) is 0 Å². The molecule has 2 aromatic carbocycles. The summed E-state index contributed by atoms with van der Waals surface area (Å²) in [6.07, 6.45) is 1.44. The molecule has 0 bridgehead atoms. The first-order valence-corrected chi connectivity index (χ1v) is 6.97. The maximum atomic E-state index is 12.3. The van der Waals surface area contributed by atoms with E-state index >= 15 is 0 Å². The van der Waals surface area contributed by atoms with Gasteiger partial charge in [-0.15, -0.1) is 0 Å². The highest BCUT2D eigenvalue weighted by Crippen LogP contribution is 2.31. The van der Waals surface area contributed by atoms with Crippen LogP contribution in [0.5, 0.6) is 0 Å². The molecule has 2 aromatic rings. The zero-order valence-electron chi connectivity index (χ0n) is 10.2. The van der Waals surface area contributed by atoms with Gasteiger partial charge in [-0.05, 0) is 42.2 Å². The Morgan fingerprint density at radius 3 is 2.68 bits per heavy atom. The fourth-order valence-corrected chi connectivity index (χ4v) is 3.04. The van der Waals surface area contributed by atoms with Crippen LogP contribution >= 0.6 is 23.2 Å². The number of carbonyl (C=O) groups excluding carboxylic acids is 1. The molecule has 0 aliphatic heterocycles. The van der Waals surface area contributed by atoms with Crippen LogP contribution < -0.4 is 0 Å². The van der Waals surface area contributed by atoms with Crippen molar-refractivity contribution in [3.8, 4) is 0 Å². The standard InChI is InChI=1S/C16H12Cl2O/c17-13-5-6-15(18)11(9-13)8-12-7-10-3-1-2-4-14(10)16(12)19/h1-6,9,12H,7-8H2. The van der Waals surface area contributed by atoms with Crippen molar-refractivity contribution >= 4 is 29.0 Å². The highest BCUT2D eigenvalue weighted by molar-refractivity contribution is 6.33. The van der Waals surface area contributed by atoms with E-state index in [1.165, 1.54) is 0 Å². The minimum absolute atomic E-state index is 0.0200. The summed E-state index contributed by atoms with van der Waals surface area (Å²) in [7, 11) is 0. The zero-order valence-corrected chi connectivity index (χ0v) is 11.7. The molecule has 0 radical (unpaired) electrons. The third-order valence-corrected chi connectivity index (χ3v) is 4.20. The quantitative estimate of drug-likeness (QED) is 0.790. The highest BCUT2D eigenvalue weighted by atomic mass is 35.5. The number of hydrogen-bond acceptors (Lipinski definition) is 1. The van der Waals surface area contributed by atoms with Gasteiger partial charge in [0.1, 0.15) is 0 Å². The third-order valence-electron chi connectivity index (χ3n) is 3.59. The Labute approximate surface area is 122 Å². The number of carbonyl (C=O) groups is 1. The summed E-state index contributed by atoms with van der Waals surface area (Å²) in [5.74, 6) is 0.194. The fourth-order valence-electron chi connectivity index (χ4n) is 2.65. The van der Waals surface area contributed by atoms with Crippen molar-refractivity contribution in [1.82, 2.24) is 0 Å². The Hall–Kier alpha value is -1.31. The lowest BCUT2D eigenvalue weighted by atomic mass is 9.96. The largest absolute Gasteiger partial charge is 0.294 e. The average Bonchev–Trinajstić information content (AvgIpc) is 2.72. The first kappa shape index (κ1) is 12.7. The lowest BCUT2D eigenvalue weighted by molar-refractivity contribution is 0.0936. The summed E-state index contributed by atoms with van der Waals surface area (Å²) >= 11 is 12.1. The molecule has 96 valence electrons. The normalized spacial score (nSPS) is 17.6. The molecule has 3 rings (SSSR count). The van der Waals surface area contributed by atoms with Crippen LogP contribution in [0.25, 0.3) is 0 Å². The van der Waals surface area contributed by atoms with Crippen LogP contribution in [0.15, 0.2) is 42.5 Å². The maximum Gasteiger partial charge on any atom is 0.166 e. The van der Waals surface area contributed by atoms with Gasteiger partial charge >= 0.3 is 0 Å². The molecule has 0 N–H and O–H groups in total. The Morgan fingerprint density at radius 1 is 1.11 bits per heavy atom. The first-order chi connectivity index (χ1) is 9.15. The van der Waals surface area contributed by atoms with Crippen molar-refractivity contribution in [3.05, 3.63) is 69.2 Å². The van der Waals surface area contributed by atoms with Gasteiger partial charge < -0.3 is 0 Å². The summed E-state index contributed by atoms with van der Waals surface area (Å²) in [6.45, 7) is 0. The summed E-state index contributed by atoms with van der Waals surface area (Å²) in [5.41, 5.74) is 2.93. The van der Waals surface area contributed by atoms with E-state index in [2.05, 4.69) is 0 Å². The van der Waals surface area contributed by atoms with Gasteiger partial charge in [0, 0.05) is 21.5 Å². The SMILES string of the molecule is O=C1c2ccccc2CC1Cc1cc(Cl)ccc1Cl. The number of ketones is 1. The van der Waals surface area contributed by atoms with E-state index < -0.39 is 0 Å². The number of halogens is 2. The molecule has 0 spiro atoms. The molecule has 0 fully saturated rings. The molecule has 1 unspecified atom stereocenters. The monoisotopic (exact) mass is 290 g/mol. The van der Waals surface area contributed by atoms with E-state index in [-0.39, 0.29) is 11.7 Å². The van der Waals surface area contributed by atoms with Crippen LogP contribution in [0.1, 0.15) is 21.5 Å². The van der Waals surface area contributed by atoms with E-state index in [9.17, 15) is 4.79 Å². The van der Waals surface area contributed by atoms with Crippen molar-refractivity contribution in [2.24, 2.45) is 5.92 Å². The Bertz CT molecular complexity index is 649. The van der Waals surface area contributed by atoms with Crippen LogP contribution in [0.4, 0.5) is 0 Å². The molecule has 3 heteroatoms. The molecule has 1 aliphatic carbocycles. The molecule has 1 nitrogen and oxygen atoms in total. The second-order valence-electron chi connectivity index (χ2n) is 4.86. The Kier molecular flexibility index (Phi) is 3.34. The first-order valence-electron chi connectivity index (χ1n) is 6.21. The van der Waals surface area contributed by atoms with Gasteiger partial charge in [-0.1, -0.05) is 47.5 Å². The smallest absolute Gasteiger partial charge is 0.166 e. The number of rotatable bonds is 2. The van der Waals surface area contributed by atoms with E-state index in [0.717, 1.165) is 23.1 Å². The number of benzene rings is 2. The van der Waals surface area contributed by atoms with Crippen molar-refractivity contribution in [1.29, 1.82) is 0 Å². The topological polar surface area (TPSA) is 17.1 Å². The van der Waals surface area contributed by atoms with E-state index in [1.54, 1.807) is 12.1 Å². The Morgan fingerprint density at radius 2 is 1.89 bits per heavy atom. The number of fused-ring (bicyclic) bond motifs is 1. The molecule has 0 saturated heterocycles. The van der Waals surface area contributed by atoms with Crippen LogP contribution in [0.2, 0.25) is 10.0 Å². The van der Waals surface area contributed by atoms with Crippen molar-refractivity contribution in [2.75, 3.05) is 0 Å². The van der Waals surface area contributed by atoms with Crippen molar-refractivity contribution in [2.45, 2.75) is 12.8 Å². The third kappa shape index (κ3) is 2.41. The van der Waals surface area contributed by atoms with Crippen LogP contribution in [0, 0.1) is 5.92 Å². The lowest BCUT2D eigenvalue weighted by Crippen LogP contribution is -2.12. The maximum absolute atomic E-state index is 12.3. The van der Waals surface area contributed by atoms with Gasteiger partial charge in [-0.25, -0.2) is 0 Å². The molecular weight excluding hydrogens is 279 g/mol. The molecule has 1 aliphatic rings.